The van der Waals surface area contributed by atoms with Crippen LogP contribution in [0.5, 0.6) is 5.88 Å². The summed E-state index contributed by atoms with van der Waals surface area (Å²) in [5.41, 5.74) is 1.39. The van der Waals surface area contributed by atoms with Crippen molar-refractivity contribution in [3.8, 4) is 11.7 Å². The summed E-state index contributed by atoms with van der Waals surface area (Å²) >= 11 is 0. The standard InChI is InChI=1S/C18H25N5O2/c1-5-25-17-7-6-16(20-21-17)23-14(4)15(9-19-23)18(24)22-10-12(2)8-13(3)11-22/h6-7,9,12-13H,5,8,10-11H2,1-4H3/t12-,13-/m0/s1. The number of carbonyl (C=O) groups is 1. The SMILES string of the molecule is CCOc1ccc(-n2ncc(C(=O)N3C[C@@H](C)C[C@H](C)C3)c2C)nn1. The molecule has 1 amide bonds. The molecule has 3 rings (SSSR count). The van der Waals surface area contributed by atoms with E-state index in [-0.39, 0.29) is 5.91 Å². The minimum atomic E-state index is 0.0426. The van der Waals surface area contributed by atoms with Crippen LogP contribution in [0.4, 0.5) is 0 Å². The zero-order valence-corrected chi connectivity index (χ0v) is 15.3. The fourth-order valence-corrected chi connectivity index (χ4v) is 3.50. The number of carbonyl (C=O) groups excluding carboxylic acids is 1. The predicted octanol–water partition coefficient (Wildman–Crippen LogP) is 2.49. The number of hydrogen-bond donors (Lipinski definition) is 0. The van der Waals surface area contributed by atoms with Gasteiger partial charge in [0.25, 0.3) is 5.91 Å². The third-order valence-electron chi connectivity index (χ3n) is 4.53. The van der Waals surface area contributed by atoms with Crippen molar-refractivity contribution in [2.75, 3.05) is 19.7 Å². The molecule has 0 radical (unpaired) electrons. The van der Waals surface area contributed by atoms with Crippen LogP contribution in [0, 0.1) is 18.8 Å². The van der Waals surface area contributed by atoms with Crippen molar-refractivity contribution in [2.24, 2.45) is 11.8 Å². The van der Waals surface area contributed by atoms with E-state index in [1.54, 1.807) is 23.0 Å². The Morgan fingerprint density at radius 1 is 1.24 bits per heavy atom. The van der Waals surface area contributed by atoms with E-state index in [0.29, 0.717) is 35.7 Å². The van der Waals surface area contributed by atoms with Gasteiger partial charge in [-0.25, -0.2) is 4.68 Å². The zero-order chi connectivity index (χ0) is 18.0. The fourth-order valence-electron chi connectivity index (χ4n) is 3.50. The van der Waals surface area contributed by atoms with E-state index < -0.39 is 0 Å². The molecule has 1 fully saturated rings. The van der Waals surface area contributed by atoms with Gasteiger partial charge in [0.2, 0.25) is 5.88 Å². The summed E-state index contributed by atoms with van der Waals surface area (Å²) in [7, 11) is 0. The lowest BCUT2D eigenvalue weighted by Crippen LogP contribution is -2.42. The maximum Gasteiger partial charge on any atom is 0.257 e. The van der Waals surface area contributed by atoms with Crippen LogP contribution in [0.1, 0.15) is 43.2 Å². The molecule has 2 aromatic heterocycles. The van der Waals surface area contributed by atoms with Crippen LogP contribution in [0.3, 0.4) is 0 Å². The molecule has 2 atom stereocenters. The van der Waals surface area contributed by atoms with Gasteiger partial charge in [-0.3, -0.25) is 4.79 Å². The Labute approximate surface area is 148 Å². The van der Waals surface area contributed by atoms with E-state index in [4.69, 9.17) is 4.74 Å². The second-order valence-corrected chi connectivity index (χ2v) is 6.87. The summed E-state index contributed by atoms with van der Waals surface area (Å²) < 4.78 is 6.95. The number of rotatable bonds is 4. The molecule has 0 aromatic carbocycles. The van der Waals surface area contributed by atoms with Gasteiger partial charge in [0.05, 0.1) is 24.1 Å². The molecule has 7 nitrogen and oxygen atoms in total. The van der Waals surface area contributed by atoms with Crippen LogP contribution in [0.2, 0.25) is 0 Å². The molecule has 0 bridgehead atoms. The van der Waals surface area contributed by atoms with Crippen molar-refractivity contribution in [1.29, 1.82) is 0 Å². The van der Waals surface area contributed by atoms with Gasteiger partial charge in [0.1, 0.15) is 0 Å². The van der Waals surface area contributed by atoms with Crippen molar-refractivity contribution in [3.05, 3.63) is 29.6 Å². The first-order valence-corrected chi connectivity index (χ1v) is 8.80. The number of ether oxygens (including phenoxy) is 1. The Morgan fingerprint density at radius 2 is 1.96 bits per heavy atom. The number of piperidine rings is 1. The van der Waals surface area contributed by atoms with Gasteiger partial charge < -0.3 is 9.64 Å². The topological polar surface area (TPSA) is 73.1 Å². The highest BCUT2D eigenvalue weighted by atomic mass is 16.5. The van der Waals surface area contributed by atoms with E-state index in [1.165, 1.54) is 6.42 Å². The average molecular weight is 343 g/mol. The van der Waals surface area contributed by atoms with Gasteiger partial charge in [-0.15, -0.1) is 10.2 Å². The molecule has 25 heavy (non-hydrogen) atoms. The average Bonchev–Trinajstić information content (AvgIpc) is 2.96. The largest absolute Gasteiger partial charge is 0.477 e. The first-order chi connectivity index (χ1) is 12.0. The van der Waals surface area contributed by atoms with Crippen molar-refractivity contribution in [1.82, 2.24) is 24.9 Å². The first-order valence-electron chi connectivity index (χ1n) is 8.80. The van der Waals surface area contributed by atoms with Gasteiger partial charge in [-0.1, -0.05) is 13.8 Å². The number of nitrogens with zero attached hydrogens (tertiary/aromatic N) is 5. The van der Waals surface area contributed by atoms with E-state index >= 15 is 0 Å². The predicted molar refractivity (Wildman–Crippen MR) is 93.9 cm³/mol. The Kier molecular flexibility index (Phi) is 5.01. The van der Waals surface area contributed by atoms with Gasteiger partial charge >= 0.3 is 0 Å². The van der Waals surface area contributed by atoms with Gasteiger partial charge in [0.15, 0.2) is 5.82 Å². The van der Waals surface area contributed by atoms with E-state index in [2.05, 4.69) is 29.1 Å². The first kappa shape index (κ1) is 17.4. The molecule has 0 unspecified atom stereocenters. The van der Waals surface area contributed by atoms with Crippen LogP contribution in [-0.2, 0) is 0 Å². The Morgan fingerprint density at radius 3 is 2.56 bits per heavy atom. The van der Waals surface area contributed by atoms with Gasteiger partial charge in [-0.05, 0) is 38.2 Å². The lowest BCUT2D eigenvalue weighted by Gasteiger charge is -2.34. The minimum Gasteiger partial charge on any atom is -0.477 e. The normalized spacial score (nSPS) is 20.6. The minimum absolute atomic E-state index is 0.0426. The van der Waals surface area contributed by atoms with Crippen LogP contribution >= 0.6 is 0 Å². The zero-order valence-electron chi connectivity index (χ0n) is 15.3. The van der Waals surface area contributed by atoms with Crippen LogP contribution in [0.25, 0.3) is 5.82 Å². The monoisotopic (exact) mass is 343 g/mol. The summed E-state index contributed by atoms with van der Waals surface area (Å²) in [5, 5.41) is 12.5. The molecule has 1 saturated heterocycles. The molecule has 3 heterocycles. The highest BCUT2D eigenvalue weighted by Gasteiger charge is 2.28. The fraction of sp³-hybridized carbons (Fsp3) is 0.556. The molecule has 134 valence electrons. The number of amides is 1. The third-order valence-corrected chi connectivity index (χ3v) is 4.53. The van der Waals surface area contributed by atoms with Crippen molar-refractivity contribution in [2.45, 2.75) is 34.1 Å². The summed E-state index contributed by atoms with van der Waals surface area (Å²) in [6.45, 7) is 10.3. The summed E-state index contributed by atoms with van der Waals surface area (Å²) in [6, 6.07) is 3.54. The Bertz CT molecular complexity index is 730. The van der Waals surface area contributed by atoms with Crippen molar-refractivity contribution in [3.63, 3.8) is 0 Å². The number of hydrogen-bond acceptors (Lipinski definition) is 5. The second-order valence-electron chi connectivity index (χ2n) is 6.87. The number of likely N-dealkylation sites (tertiary alicyclic amines) is 1. The highest BCUT2D eigenvalue weighted by molar-refractivity contribution is 5.95. The molecular weight excluding hydrogens is 318 g/mol. The van der Waals surface area contributed by atoms with Gasteiger partial charge in [-0.2, -0.15) is 5.10 Å². The van der Waals surface area contributed by atoms with Crippen LogP contribution in [0.15, 0.2) is 18.3 Å². The highest BCUT2D eigenvalue weighted by Crippen LogP contribution is 2.24. The molecule has 0 aliphatic carbocycles. The van der Waals surface area contributed by atoms with Crippen molar-refractivity contribution >= 4 is 5.91 Å². The third kappa shape index (κ3) is 3.65. The summed E-state index contributed by atoms with van der Waals surface area (Å²) in [6.07, 6.45) is 2.80. The maximum atomic E-state index is 12.9. The van der Waals surface area contributed by atoms with E-state index in [0.717, 1.165) is 18.8 Å². The number of aromatic nitrogens is 4. The molecule has 0 saturated carbocycles. The van der Waals surface area contributed by atoms with Crippen LogP contribution < -0.4 is 4.74 Å². The Balaban J connectivity index is 1.82. The van der Waals surface area contributed by atoms with Crippen molar-refractivity contribution < 1.29 is 9.53 Å². The van der Waals surface area contributed by atoms with Gasteiger partial charge in [0, 0.05) is 19.2 Å². The summed E-state index contributed by atoms with van der Waals surface area (Å²) in [5.74, 6) is 2.14. The van der Waals surface area contributed by atoms with Crippen LogP contribution in [-0.4, -0.2) is 50.5 Å². The van der Waals surface area contributed by atoms with E-state index in [9.17, 15) is 4.79 Å². The lowest BCUT2D eigenvalue weighted by atomic mass is 9.91. The quantitative estimate of drug-likeness (QED) is 0.853. The Hall–Kier alpha value is -2.44. The molecule has 2 aromatic rings. The summed E-state index contributed by atoms with van der Waals surface area (Å²) in [4.78, 5) is 14.9. The maximum absolute atomic E-state index is 12.9. The lowest BCUT2D eigenvalue weighted by molar-refractivity contribution is 0.0622. The molecule has 0 N–H and O–H groups in total. The molecule has 1 aliphatic heterocycles. The molecule has 0 spiro atoms. The second kappa shape index (κ2) is 7.21. The molecule has 1 aliphatic rings. The smallest absolute Gasteiger partial charge is 0.257 e. The molecular formula is C18H25N5O2. The van der Waals surface area contributed by atoms with E-state index in [1.807, 2.05) is 18.7 Å². The molecule has 7 heteroatoms.